The number of nitrogens with zero attached hydrogens (tertiary/aromatic N) is 3. The van der Waals surface area contributed by atoms with Gasteiger partial charge in [0.2, 0.25) is 0 Å². The molecule has 19 heavy (non-hydrogen) atoms. The lowest BCUT2D eigenvalue weighted by atomic mass is 10.2. The van der Waals surface area contributed by atoms with Crippen molar-refractivity contribution >= 4 is 5.82 Å². The van der Waals surface area contributed by atoms with Gasteiger partial charge in [-0.25, -0.2) is 9.37 Å². The first-order valence-electron chi connectivity index (χ1n) is 6.94. The second-order valence-electron chi connectivity index (χ2n) is 5.11. The molecule has 0 spiro atoms. The lowest BCUT2D eigenvalue weighted by Crippen LogP contribution is -2.32. The van der Waals surface area contributed by atoms with Crippen LogP contribution < -0.4 is 10.2 Å². The summed E-state index contributed by atoms with van der Waals surface area (Å²) in [5.74, 6) is 0.243. The molecule has 0 amide bonds. The molecule has 2 rings (SSSR count). The summed E-state index contributed by atoms with van der Waals surface area (Å²) in [6.45, 7) is 4.66. The summed E-state index contributed by atoms with van der Waals surface area (Å²) in [5, 5.41) is 2.97. The SMILES string of the molecule is CNCc1ccnc(N(C)CCN2CCCC2)c1F. The average molecular weight is 266 g/mol. The van der Waals surface area contributed by atoms with Gasteiger partial charge in [0, 0.05) is 38.4 Å². The summed E-state index contributed by atoms with van der Waals surface area (Å²) < 4.78 is 14.3. The molecule has 0 aromatic carbocycles. The highest BCUT2D eigenvalue weighted by Crippen LogP contribution is 2.18. The van der Waals surface area contributed by atoms with Gasteiger partial charge in [0.1, 0.15) is 0 Å². The van der Waals surface area contributed by atoms with Crippen LogP contribution in [0, 0.1) is 5.82 Å². The van der Waals surface area contributed by atoms with E-state index in [-0.39, 0.29) is 5.82 Å². The van der Waals surface area contributed by atoms with Crippen LogP contribution in [0.15, 0.2) is 12.3 Å². The number of hydrogen-bond donors (Lipinski definition) is 1. The molecule has 1 aliphatic rings. The van der Waals surface area contributed by atoms with Gasteiger partial charge in [0.05, 0.1) is 0 Å². The normalized spacial score (nSPS) is 15.9. The number of anilines is 1. The topological polar surface area (TPSA) is 31.4 Å². The minimum Gasteiger partial charge on any atom is -0.356 e. The van der Waals surface area contributed by atoms with Crippen molar-refractivity contribution in [1.29, 1.82) is 0 Å². The fraction of sp³-hybridized carbons (Fsp3) is 0.643. The average Bonchev–Trinajstić information content (AvgIpc) is 2.92. The Morgan fingerprint density at radius 3 is 2.84 bits per heavy atom. The van der Waals surface area contributed by atoms with Gasteiger partial charge in [0.25, 0.3) is 0 Å². The van der Waals surface area contributed by atoms with E-state index < -0.39 is 0 Å². The van der Waals surface area contributed by atoms with Gasteiger partial charge in [-0.05, 0) is 39.0 Å². The number of hydrogen-bond acceptors (Lipinski definition) is 4. The second-order valence-corrected chi connectivity index (χ2v) is 5.11. The molecule has 106 valence electrons. The number of pyridine rings is 1. The van der Waals surface area contributed by atoms with Crippen molar-refractivity contribution in [2.24, 2.45) is 0 Å². The second kappa shape index (κ2) is 6.82. The minimum atomic E-state index is -0.208. The Balaban J connectivity index is 1.97. The first kappa shape index (κ1) is 14.2. The first-order valence-corrected chi connectivity index (χ1v) is 6.94. The van der Waals surface area contributed by atoms with Crippen LogP contribution in [0.4, 0.5) is 10.2 Å². The Morgan fingerprint density at radius 2 is 2.16 bits per heavy atom. The zero-order valence-corrected chi connectivity index (χ0v) is 11.8. The highest BCUT2D eigenvalue weighted by molar-refractivity contribution is 5.42. The van der Waals surface area contributed by atoms with Crippen molar-refractivity contribution in [3.05, 3.63) is 23.6 Å². The molecule has 0 aliphatic carbocycles. The lowest BCUT2D eigenvalue weighted by Gasteiger charge is -2.23. The Labute approximate surface area is 114 Å². The van der Waals surface area contributed by atoms with E-state index in [0.29, 0.717) is 17.9 Å². The van der Waals surface area contributed by atoms with Crippen molar-refractivity contribution < 1.29 is 4.39 Å². The van der Waals surface area contributed by atoms with E-state index in [1.165, 1.54) is 25.9 Å². The number of rotatable bonds is 6. The van der Waals surface area contributed by atoms with Gasteiger partial charge in [-0.3, -0.25) is 0 Å². The third-order valence-electron chi connectivity index (χ3n) is 3.63. The zero-order valence-electron chi connectivity index (χ0n) is 11.8. The van der Waals surface area contributed by atoms with Crippen molar-refractivity contribution in [2.75, 3.05) is 45.2 Å². The van der Waals surface area contributed by atoms with Crippen LogP contribution in [-0.4, -0.2) is 50.2 Å². The van der Waals surface area contributed by atoms with E-state index in [4.69, 9.17) is 0 Å². The number of nitrogens with one attached hydrogen (secondary N) is 1. The molecule has 0 radical (unpaired) electrons. The molecular formula is C14H23FN4. The van der Waals surface area contributed by atoms with Crippen LogP contribution in [0.2, 0.25) is 0 Å². The smallest absolute Gasteiger partial charge is 0.170 e. The highest BCUT2D eigenvalue weighted by atomic mass is 19.1. The van der Waals surface area contributed by atoms with Crippen molar-refractivity contribution in [1.82, 2.24) is 15.2 Å². The molecule has 4 nitrogen and oxygen atoms in total. The largest absolute Gasteiger partial charge is 0.356 e. The van der Waals surface area contributed by atoms with E-state index in [0.717, 1.165) is 13.1 Å². The molecule has 0 bridgehead atoms. The molecule has 0 saturated carbocycles. The Kier molecular flexibility index (Phi) is 5.10. The molecule has 1 N–H and O–H groups in total. The van der Waals surface area contributed by atoms with Gasteiger partial charge in [-0.15, -0.1) is 0 Å². The molecule has 1 aromatic heterocycles. The third-order valence-corrected chi connectivity index (χ3v) is 3.63. The van der Waals surface area contributed by atoms with Gasteiger partial charge in [0.15, 0.2) is 11.6 Å². The standard InChI is InChI=1S/C14H23FN4/c1-16-11-12-5-6-17-14(13(12)15)18(2)9-10-19-7-3-4-8-19/h5-6,16H,3-4,7-11H2,1-2H3. The van der Waals surface area contributed by atoms with Crippen molar-refractivity contribution in [3.8, 4) is 0 Å². The molecule has 1 aromatic rings. The molecule has 1 saturated heterocycles. The summed E-state index contributed by atoms with van der Waals surface area (Å²) in [5.41, 5.74) is 0.667. The number of likely N-dealkylation sites (tertiary alicyclic amines) is 1. The molecule has 0 unspecified atom stereocenters. The fourth-order valence-electron chi connectivity index (χ4n) is 2.47. The van der Waals surface area contributed by atoms with Gasteiger partial charge in [-0.2, -0.15) is 0 Å². The molecule has 1 aliphatic heterocycles. The summed E-state index contributed by atoms with van der Waals surface area (Å²) in [7, 11) is 3.72. The fourth-order valence-corrected chi connectivity index (χ4v) is 2.47. The monoisotopic (exact) mass is 266 g/mol. The lowest BCUT2D eigenvalue weighted by molar-refractivity contribution is 0.346. The van der Waals surface area contributed by atoms with Crippen molar-refractivity contribution in [2.45, 2.75) is 19.4 Å². The Morgan fingerprint density at radius 1 is 1.42 bits per heavy atom. The predicted molar refractivity (Wildman–Crippen MR) is 75.9 cm³/mol. The van der Waals surface area contributed by atoms with Gasteiger partial charge in [-0.1, -0.05) is 0 Å². The van der Waals surface area contributed by atoms with Crippen LogP contribution >= 0.6 is 0 Å². The van der Waals surface area contributed by atoms with Crippen molar-refractivity contribution in [3.63, 3.8) is 0 Å². The molecule has 2 heterocycles. The minimum absolute atomic E-state index is 0.208. The summed E-state index contributed by atoms with van der Waals surface area (Å²) in [6, 6.07) is 1.73. The highest BCUT2D eigenvalue weighted by Gasteiger charge is 2.15. The molecule has 0 atom stereocenters. The van der Waals surface area contributed by atoms with Crippen LogP contribution in [-0.2, 0) is 6.54 Å². The predicted octanol–water partition coefficient (Wildman–Crippen LogP) is 1.47. The van der Waals surface area contributed by atoms with Crippen LogP contribution in [0.5, 0.6) is 0 Å². The van der Waals surface area contributed by atoms with Crippen LogP contribution in [0.1, 0.15) is 18.4 Å². The number of likely N-dealkylation sites (N-methyl/N-ethyl adjacent to an activating group) is 1. The molecule has 5 heteroatoms. The summed E-state index contributed by atoms with van der Waals surface area (Å²) >= 11 is 0. The number of halogens is 1. The molecular weight excluding hydrogens is 243 g/mol. The molecule has 1 fully saturated rings. The van der Waals surface area contributed by atoms with E-state index in [1.807, 2.05) is 19.0 Å². The Bertz CT molecular complexity index is 404. The van der Waals surface area contributed by atoms with Gasteiger partial charge >= 0.3 is 0 Å². The summed E-state index contributed by atoms with van der Waals surface area (Å²) in [4.78, 5) is 8.50. The van der Waals surface area contributed by atoms with Crippen LogP contribution in [0.25, 0.3) is 0 Å². The van der Waals surface area contributed by atoms with E-state index >= 15 is 0 Å². The van der Waals surface area contributed by atoms with E-state index in [1.54, 1.807) is 12.3 Å². The third kappa shape index (κ3) is 3.64. The zero-order chi connectivity index (χ0) is 13.7. The Hall–Kier alpha value is -1.20. The first-order chi connectivity index (χ1) is 9.22. The summed E-state index contributed by atoms with van der Waals surface area (Å²) in [6.07, 6.45) is 4.25. The maximum absolute atomic E-state index is 14.3. The quantitative estimate of drug-likeness (QED) is 0.845. The van der Waals surface area contributed by atoms with Crippen LogP contribution in [0.3, 0.4) is 0 Å². The maximum Gasteiger partial charge on any atom is 0.170 e. The maximum atomic E-state index is 14.3. The number of aromatic nitrogens is 1. The van der Waals surface area contributed by atoms with Gasteiger partial charge < -0.3 is 15.1 Å². The van der Waals surface area contributed by atoms with E-state index in [9.17, 15) is 4.39 Å². The van der Waals surface area contributed by atoms with E-state index in [2.05, 4.69) is 15.2 Å².